The number of carbonyl (C=O) groups excluding carboxylic acids is 1. The fourth-order valence-corrected chi connectivity index (χ4v) is 5.26. The smallest absolute Gasteiger partial charge is 0.252 e. The Morgan fingerprint density at radius 1 is 0.972 bits per heavy atom. The molecule has 1 amide bonds. The van der Waals surface area contributed by atoms with Crippen LogP contribution in [0.5, 0.6) is 0 Å². The zero-order chi connectivity index (χ0) is 25.1. The highest BCUT2D eigenvalue weighted by atomic mass is 35.5. The van der Waals surface area contributed by atoms with Crippen molar-refractivity contribution >= 4 is 40.0 Å². The molecule has 0 aliphatic rings. The van der Waals surface area contributed by atoms with Crippen molar-refractivity contribution in [2.45, 2.75) is 30.8 Å². The van der Waals surface area contributed by atoms with E-state index in [9.17, 15) is 4.79 Å². The van der Waals surface area contributed by atoms with E-state index in [4.69, 9.17) is 11.6 Å². The Kier molecular flexibility index (Phi) is 7.07. The van der Waals surface area contributed by atoms with Crippen molar-refractivity contribution in [3.8, 4) is 5.69 Å². The molecule has 0 bridgehead atoms. The number of thioether (sulfide) groups is 1. The van der Waals surface area contributed by atoms with Gasteiger partial charge in [0.05, 0.1) is 11.7 Å². The summed E-state index contributed by atoms with van der Waals surface area (Å²) in [7, 11) is 0. The Morgan fingerprint density at radius 3 is 2.56 bits per heavy atom. The van der Waals surface area contributed by atoms with Gasteiger partial charge in [-0.2, -0.15) is 0 Å². The van der Waals surface area contributed by atoms with Crippen LogP contribution in [0, 0.1) is 6.92 Å². The maximum atomic E-state index is 13.3. The van der Waals surface area contributed by atoms with E-state index < -0.39 is 6.04 Å². The molecule has 180 valence electrons. The highest BCUT2D eigenvalue weighted by Crippen LogP contribution is 2.30. The Hall–Kier alpha value is -3.61. The molecule has 0 spiro atoms. The SMILES string of the molecule is Cc1ccc(Cl)cc1-n1c(SCc2ccccc2)nnc1C(C)NC(=O)c1cccc2ccccc12. The van der Waals surface area contributed by atoms with Gasteiger partial charge in [0.15, 0.2) is 11.0 Å². The van der Waals surface area contributed by atoms with Gasteiger partial charge < -0.3 is 5.32 Å². The summed E-state index contributed by atoms with van der Waals surface area (Å²) in [6.07, 6.45) is 0. The number of carbonyl (C=O) groups is 1. The molecule has 5 aromatic rings. The van der Waals surface area contributed by atoms with Gasteiger partial charge in [0, 0.05) is 16.3 Å². The summed E-state index contributed by atoms with van der Waals surface area (Å²) >= 11 is 7.98. The molecule has 0 saturated heterocycles. The van der Waals surface area contributed by atoms with Crippen molar-refractivity contribution in [2.24, 2.45) is 0 Å². The summed E-state index contributed by atoms with van der Waals surface area (Å²) in [5.74, 6) is 1.23. The first-order valence-electron chi connectivity index (χ1n) is 11.7. The maximum absolute atomic E-state index is 13.3. The fraction of sp³-hybridized carbons (Fsp3) is 0.138. The minimum absolute atomic E-state index is 0.157. The summed E-state index contributed by atoms with van der Waals surface area (Å²) in [6.45, 7) is 3.95. The van der Waals surface area contributed by atoms with Crippen LogP contribution in [0.1, 0.15) is 40.3 Å². The van der Waals surface area contributed by atoms with Crippen LogP contribution in [0.25, 0.3) is 16.5 Å². The van der Waals surface area contributed by atoms with E-state index in [0.717, 1.165) is 32.9 Å². The second-order valence-corrected chi connectivity index (χ2v) is 9.98. The molecule has 5 nitrogen and oxygen atoms in total. The second kappa shape index (κ2) is 10.6. The number of hydrogen-bond donors (Lipinski definition) is 1. The van der Waals surface area contributed by atoms with Crippen molar-refractivity contribution in [3.05, 3.63) is 119 Å². The minimum Gasteiger partial charge on any atom is -0.342 e. The van der Waals surface area contributed by atoms with E-state index in [0.29, 0.717) is 16.4 Å². The zero-order valence-electron chi connectivity index (χ0n) is 20.0. The summed E-state index contributed by atoms with van der Waals surface area (Å²) < 4.78 is 2.00. The number of nitrogens with one attached hydrogen (secondary N) is 1. The lowest BCUT2D eigenvalue weighted by atomic mass is 10.0. The van der Waals surface area contributed by atoms with Crippen LogP contribution in [0.2, 0.25) is 5.02 Å². The monoisotopic (exact) mass is 512 g/mol. The molecule has 1 aromatic heterocycles. The normalized spacial score (nSPS) is 12.0. The summed E-state index contributed by atoms with van der Waals surface area (Å²) in [4.78, 5) is 13.3. The Bertz CT molecular complexity index is 1530. The number of fused-ring (bicyclic) bond motifs is 1. The average molecular weight is 513 g/mol. The van der Waals surface area contributed by atoms with Crippen molar-refractivity contribution in [2.75, 3.05) is 0 Å². The van der Waals surface area contributed by atoms with Gasteiger partial charge in [0.1, 0.15) is 0 Å². The molecule has 0 saturated carbocycles. The molecule has 7 heteroatoms. The van der Waals surface area contributed by atoms with Gasteiger partial charge >= 0.3 is 0 Å². The van der Waals surface area contributed by atoms with Crippen LogP contribution in [0.15, 0.2) is 96.2 Å². The number of halogens is 1. The van der Waals surface area contributed by atoms with Crippen LogP contribution in [-0.2, 0) is 5.75 Å². The van der Waals surface area contributed by atoms with E-state index in [1.54, 1.807) is 11.8 Å². The fourth-order valence-electron chi connectivity index (χ4n) is 4.19. The predicted octanol–water partition coefficient (Wildman–Crippen LogP) is 7.17. The Balaban J connectivity index is 1.49. The molecule has 0 radical (unpaired) electrons. The predicted molar refractivity (Wildman–Crippen MR) is 147 cm³/mol. The number of aryl methyl sites for hydroxylation is 1. The number of nitrogens with zero attached hydrogens (tertiary/aromatic N) is 3. The molecule has 0 fully saturated rings. The van der Waals surface area contributed by atoms with Gasteiger partial charge in [-0.15, -0.1) is 10.2 Å². The summed E-state index contributed by atoms with van der Waals surface area (Å²) in [5.41, 5.74) is 3.75. The lowest BCUT2D eigenvalue weighted by molar-refractivity contribution is 0.0939. The highest BCUT2D eigenvalue weighted by Gasteiger charge is 2.23. The largest absolute Gasteiger partial charge is 0.342 e. The summed E-state index contributed by atoms with van der Waals surface area (Å²) in [6, 6.07) is 29.2. The Morgan fingerprint density at radius 2 is 1.72 bits per heavy atom. The molecule has 4 aromatic carbocycles. The van der Waals surface area contributed by atoms with E-state index in [1.807, 2.05) is 97.3 Å². The standard InChI is InChI=1S/C29H25ClN4OS/c1-19-15-16-23(30)17-26(19)34-27(32-33-29(34)36-18-21-9-4-3-5-10-21)20(2)31-28(35)25-14-8-12-22-11-6-7-13-24(22)25/h3-17,20H,18H2,1-2H3,(H,31,35). The molecule has 1 N–H and O–H groups in total. The van der Waals surface area contributed by atoms with Gasteiger partial charge in [-0.1, -0.05) is 96.2 Å². The van der Waals surface area contributed by atoms with Crippen molar-refractivity contribution in [3.63, 3.8) is 0 Å². The first-order chi connectivity index (χ1) is 17.5. The van der Waals surface area contributed by atoms with Crippen molar-refractivity contribution in [1.82, 2.24) is 20.1 Å². The Labute approximate surface area is 219 Å². The van der Waals surface area contributed by atoms with Crippen LogP contribution in [0.4, 0.5) is 0 Å². The van der Waals surface area contributed by atoms with Gasteiger partial charge in [-0.25, -0.2) is 0 Å². The number of hydrogen-bond acceptors (Lipinski definition) is 4. The number of benzene rings is 4. The molecule has 1 unspecified atom stereocenters. The first-order valence-corrected chi connectivity index (χ1v) is 13.0. The first kappa shape index (κ1) is 24.1. The molecule has 5 rings (SSSR count). The lowest BCUT2D eigenvalue weighted by Crippen LogP contribution is -2.29. The molecule has 1 atom stereocenters. The molecular formula is C29H25ClN4OS. The molecule has 1 heterocycles. The van der Waals surface area contributed by atoms with E-state index in [1.165, 1.54) is 5.56 Å². The third-order valence-electron chi connectivity index (χ3n) is 6.05. The molecule has 0 aliphatic heterocycles. The van der Waals surface area contributed by atoms with Gasteiger partial charge in [-0.3, -0.25) is 9.36 Å². The van der Waals surface area contributed by atoms with Crippen molar-refractivity contribution < 1.29 is 4.79 Å². The molecule has 36 heavy (non-hydrogen) atoms. The maximum Gasteiger partial charge on any atom is 0.252 e. The van der Waals surface area contributed by atoms with Gasteiger partial charge in [0.25, 0.3) is 5.91 Å². The zero-order valence-corrected chi connectivity index (χ0v) is 21.6. The summed E-state index contributed by atoms with van der Waals surface area (Å²) in [5, 5.41) is 15.5. The van der Waals surface area contributed by atoms with Crippen LogP contribution in [0.3, 0.4) is 0 Å². The van der Waals surface area contributed by atoms with Gasteiger partial charge in [0.2, 0.25) is 0 Å². The average Bonchev–Trinajstić information content (AvgIpc) is 3.33. The molecule has 0 aliphatic carbocycles. The second-order valence-electron chi connectivity index (χ2n) is 8.60. The lowest BCUT2D eigenvalue weighted by Gasteiger charge is -2.18. The number of rotatable bonds is 7. The van der Waals surface area contributed by atoms with E-state index in [-0.39, 0.29) is 5.91 Å². The number of aromatic nitrogens is 3. The van der Waals surface area contributed by atoms with Crippen LogP contribution in [-0.4, -0.2) is 20.7 Å². The van der Waals surface area contributed by atoms with Crippen LogP contribution >= 0.6 is 23.4 Å². The quantitative estimate of drug-likeness (QED) is 0.235. The third-order valence-corrected chi connectivity index (χ3v) is 7.29. The topological polar surface area (TPSA) is 59.8 Å². The molecular weight excluding hydrogens is 488 g/mol. The van der Waals surface area contributed by atoms with E-state index in [2.05, 4.69) is 27.6 Å². The van der Waals surface area contributed by atoms with Crippen molar-refractivity contribution in [1.29, 1.82) is 0 Å². The highest BCUT2D eigenvalue weighted by molar-refractivity contribution is 7.98. The third kappa shape index (κ3) is 5.01. The minimum atomic E-state index is -0.395. The van der Waals surface area contributed by atoms with E-state index >= 15 is 0 Å². The van der Waals surface area contributed by atoms with Crippen LogP contribution < -0.4 is 5.32 Å². The number of amides is 1. The van der Waals surface area contributed by atoms with Gasteiger partial charge in [-0.05, 0) is 53.9 Å².